The van der Waals surface area contributed by atoms with Gasteiger partial charge in [-0.3, -0.25) is 9.48 Å². The van der Waals surface area contributed by atoms with Gasteiger partial charge in [0.2, 0.25) is 5.91 Å². The van der Waals surface area contributed by atoms with Crippen molar-refractivity contribution in [1.82, 2.24) is 19.9 Å². The molecule has 0 unspecified atom stereocenters. The highest BCUT2D eigenvalue weighted by atomic mass is 16.5. The minimum absolute atomic E-state index is 0.325. The molecule has 6 heteroatoms. The van der Waals surface area contributed by atoms with E-state index in [0.29, 0.717) is 12.3 Å². The molecule has 0 radical (unpaired) electrons. The van der Waals surface area contributed by atoms with E-state index in [1.807, 2.05) is 22.7 Å². The predicted molar refractivity (Wildman–Crippen MR) is 89.1 cm³/mol. The molecule has 2 heterocycles. The monoisotopic (exact) mass is 322 g/mol. The van der Waals surface area contributed by atoms with E-state index in [2.05, 4.69) is 10.3 Å². The quantitative estimate of drug-likeness (QED) is 0.555. The van der Waals surface area contributed by atoms with Gasteiger partial charge in [0.05, 0.1) is 5.69 Å². The van der Waals surface area contributed by atoms with Gasteiger partial charge in [-0.1, -0.05) is 11.6 Å². The molecule has 0 spiro atoms. The highest BCUT2D eigenvalue weighted by Crippen LogP contribution is 2.11. The van der Waals surface area contributed by atoms with Crippen LogP contribution in [0.2, 0.25) is 0 Å². The maximum Gasteiger partial charge on any atom is 0.222 e. The largest absolute Gasteiger partial charge is 0.382 e. The number of hydrogen-bond acceptors (Lipinski definition) is 4. The van der Waals surface area contributed by atoms with Crippen LogP contribution in [0.5, 0.6) is 0 Å². The Kier molecular flexibility index (Phi) is 8.07. The van der Waals surface area contributed by atoms with Gasteiger partial charge in [0.25, 0.3) is 0 Å². The van der Waals surface area contributed by atoms with Crippen molar-refractivity contribution < 1.29 is 9.53 Å². The maximum absolute atomic E-state index is 11.7. The Hall–Kier alpha value is -1.43. The fourth-order valence-corrected chi connectivity index (χ4v) is 2.67. The van der Waals surface area contributed by atoms with Crippen LogP contribution in [0.3, 0.4) is 0 Å². The molecule has 1 aliphatic heterocycles. The van der Waals surface area contributed by atoms with Crippen molar-refractivity contribution in [3.05, 3.63) is 11.9 Å². The van der Waals surface area contributed by atoms with Gasteiger partial charge in [0.15, 0.2) is 0 Å². The Morgan fingerprint density at radius 2 is 2.09 bits per heavy atom. The molecule has 6 nitrogen and oxygen atoms in total. The van der Waals surface area contributed by atoms with Crippen LogP contribution in [0, 0.1) is 0 Å². The van der Waals surface area contributed by atoms with Gasteiger partial charge in [-0.2, -0.15) is 0 Å². The summed E-state index contributed by atoms with van der Waals surface area (Å²) in [6.45, 7) is 6.47. The van der Waals surface area contributed by atoms with Crippen LogP contribution < -0.4 is 0 Å². The van der Waals surface area contributed by atoms with E-state index < -0.39 is 0 Å². The highest BCUT2D eigenvalue weighted by Gasteiger charge is 2.18. The zero-order valence-corrected chi connectivity index (χ0v) is 14.4. The van der Waals surface area contributed by atoms with Crippen LogP contribution in [0.1, 0.15) is 57.6 Å². The third-order valence-electron chi connectivity index (χ3n) is 4.25. The first-order valence-electron chi connectivity index (χ1n) is 9.04. The van der Waals surface area contributed by atoms with Crippen molar-refractivity contribution >= 4 is 5.91 Å². The minimum Gasteiger partial charge on any atom is -0.382 e. The van der Waals surface area contributed by atoms with E-state index in [-0.39, 0.29) is 0 Å². The molecule has 0 bridgehead atoms. The Bertz CT molecular complexity index is 457. The Balaban J connectivity index is 1.49. The summed E-state index contributed by atoms with van der Waals surface area (Å²) in [5.74, 6) is 0.325. The van der Waals surface area contributed by atoms with Crippen LogP contribution in [0.25, 0.3) is 0 Å². The molecule has 0 aliphatic carbocycles. The standard InChI is InChI=1S/C17H30N4O2/c1-2-23-14-7-5-9-16-15-21(19-18-16)13-6-3-4-10-17(22)20-11-8-12-20/h15H,2-14H2,1H3. The van der Waals surface area contributed by atoms with Crippen LogP contribution in [0.4, 0.5) is 0 Å². The fourth-order valence-electron chi connectivity index (χ4n) is 2.67. The van der Waals surface area contributed by atoms with Crippen LogP contribution >= 0.6 is 0 Å². The maximum atomic E-state index is 11.7. The van der Waals surface area contributed by atoms with E-state index in [0.717, 1.165) is 77.1 Å². The molecule has 1 aliphatic rings. The third-order valence-corrected chi connectivity index (χ3v) is 4.25. The molecular weight excluding hydrogens is 292 g/mol. The number of amides is 1. The molecule has 130 valence electrons. The summed E-state index contributed by atoms with van der Waals surface area (Å²) in [4.78, 5) is 13.7. The predicted octanol–water partition coefficient (Wildman–Crippen LogP) is 2.43. The summed E-state index contributed by atoms with van der Waals surface area (Å²) in [5, 5.41) is 8.39. The molecule has 1 saturated heterocycles. The van der Waals surface area contributed by atoms with Crippen LogP contribution in [-0.4, -0.2) is 52.1 Å². The fraction of sp³-hybridized carbons (Fsp3) is 0.824. The lowest BCUT2D eigenvalue weighted by Crippen LogP contribution is -2.41. The third kappa shape index (κ3) is 6.69. The Morgan fingerprint density at radius 1 is 1.22 bits per heavy atom. The summed E-state index contributed by atoms with van der Waals surface area (Å²) >= 11 is 0. The summed E-state index contributed by atoms with van der Waals surface area (Å²) in [7, 11) is 0. The zero-order valence-electron chi connectivity index (χ0n) is 14.4. The molecule has 1 amide bonds. The number of unbranched alkanes of at least 4 members (excludes halogenated alkanes) is 3. The average Bonchev–Trinajstić information content (AvgIpc) is 2.93. The summed E-state index contributed by atoms with van der Waals surface area (Å²) < 4.78 is 7.25. The second-order valence-electron chi connectivity index (χ2n) is 6.17. The van der Waals surface area contributed by atoms with E-state index in [4.69, 9.17) is 4.74 Å². The van der Waals surface area contributed by atoms with Gasteiger partial charge >= 0.3 is 0 Å². The van der Waals surface area contributed by atoms with Crippen molar-refractivity contribution in [1.29, 1.82) is 0 Å². The first-order valence-corrected chi connectivity index (χ1v) is 9.04. The molecular formula is C17H30N4O2. The number of aryl methyl sites for hydroxylation is 2. The number of aromatic nitrogens is 3. The number of nitrogens with zero attached hydrogens (tertiary/aromatic N) is 4. The molecule has 2 rings (SSSR count). The zero-order chi connectivity index (χ0) is 16.3. The van der Waals surface area contributed by atoms with Gasteiger partial charge in [-0.25, -0.2) is 0 Å². The van der Waals surface area contributed by atoms with Gasteiger partial charge in [-0.15, -0.1) is 5.10 Å². The van der Waals surface area contributed by atoms with Gasteiger partial charge in [0, 0.05) is 45.5 Å². The molecule has 1 aromatic rings. The van der Waals surface area contributed by atoms with E-state index in [1.54, 1.807) is 0 Å². The molecule has 0 saturated carbocycles. The Labute approximate surface area is 139 Å². The van der Waals surface area contributed by atoms with Crippen molar-refractivity contribution in [2.45, 2.75) is 64.8 Å². The van der Waals surface area contributed by atoms with Gasteiger partial charge in [-0.05, 0) is 45.4 Å². The lowest BCUT2D eigenvalue weighted by atomic mass is 10.1. The molecule has 1 aromatic heterocycles. The first kappa shape index (κ1) is 17.9. The Morgan fingerprint density at radius 3 is 2.83 bits per heavy atom. The molecule has 0 N–H and O–H groups in total. The highest BCUT2D eigenvalue weighted by molar-refractivity contribution is 5.76. The number of ether oxygens (including phenoxy) is 1. The number of hydrogen-bond donors (Lipinski definition) is 0. The topological polar surface area (TPSA) is 60.2 Å². The normalized spacial score (nSPS) is 14.0. The first-order chi connectivity index (χ1) is 11.3. The smallest absolute Gasteiger partial charge is 0.222 e. The lowest BCUT2D eigenvalue weighted by Gasteiger charge is -2.30. The van der Waals surface area contributed by atoms with Crippen LogP contribution in [-0.2, 0) is 22.5 Å². The van der Waals surface area contributed by atoms with Gasteiger partial charge in [0.1, 0.15) is 0 Å². The minimum atomic E-state index is 0.325. The second-order valence-corrected chi connectivity index (χ2v) is 6.17. The van der Waals surface area contributed by atoms with Crippen LogP contribution in [0.15, 0.2) is 6.20 Å². The second kappa shape index (κ2) is 10.4. The van der Waals surface area contributed by atoms with Crippen molar-refractivity contribution in [2.75, 3.05) is 26.3 Å². The van der Waals surface area contributed by atoms with Crippen molar-refractivity contribution in [2.24, 2.45) is 0 Å². The van der Waals surface area contributed by atoms with Crippen molar-refractivity contribution in [3.8, 4) is 0 Å². The number of carbonyl (C=O) groups is 1. The van der Waals surface area contributed by atoms with Gasteiger partial charge < -0.3 is 9.64 Å². The van der Waals surface area contributed by atoms with E-state index >= 15 is 0 Å². The summed E-state index contributed by atoms with van der Waals surface area (Å²) in [6, 6.07) is 0. The molecule has 0 aromatic carbocycles. The van der Waals surface area contributed by atoms with Crippen molar-refractivity contribution in [3.63, 3.8) is 0 Å². The average molecular weight is 322 g/mol. The number of rotatable bonds is 12. The lowest BCUT2D eigenvalue weighted by molar-refractivity contribution is -0.134. The molecule has 23 heavy (non-hydrogen) atoms. The SMILES string of the molecule is CCOCCCCc1cn(CCCCCC(=O)N2CCC2)nn1. The van der Waals surface area contributed by atoms with E-state index in [1.165, 1.54) is 6.42 Å². The number of likely N-dealkylation sites (tertiary alicyclic amines) is 1. The summed E-state index contributed by atoms with van der Waals surface area (Å²) in [6.07, 6.45) is 10.2. The number of carbonyl (C=O) groups excluding carboxylic acids is 1. The summed E-state index contributed by atoms with van der Waals surface area (Å²) in [5.41, 5.74) is 1.06. The van der Waals surface area contributed by atoms with E-state index in [9.17, 15) is 4.79 Å². The molecule has 1 fully saturated rings. The molecule has 0 atom stereocenters.